The van der Waals surface area contributed by atoms with Crippen molar-refractivity contribution < 1.29 is 46.3 Å². The van der Waals surface area contributed by atoms with Gasteiger partial charge in [0.15, 0.2) is 0 Å². The van der Waals surface area contributed by atoms with Crippen LogP contribution >= 0.6 is 0 Å². The fourth-order valence-electron chi connectivity index (χ4n) is 3.52. The first-order valence-electron chi connectivity index (χ1n) is 9.00. The maximum Gasteiger partial charge on any atom is 0.123 e. The molecule has 1 fully saturated rings. The fourth-order valence-corrected chi connectivity index (χ4v) is 3.52. The summed E-state index contributed by atoms with van der Waals surface area (Å²) < 4.78 is 26.7. The molecule has 1 aliphatic rings. The molecule has 0 unspecified atom stereocenters. The maximum absolute atomic E-state index is 13.3. The Balaban J connectivity index is 0.00000261. The standard InChI is InChI=1S/C21H23F2N2O.Y/c22-19-7-3-17(4-8-19)21(18-5-9-20(23)10-6-18)25-14-12-24(13-15-25)11-1-2-16-26;/h3-10,21H,1-2,11-15H2;/q-1;. The Morgan fingerprint density at radius 2 is 1.33 bits per heavy atom. The van der Waals surface area contributed by atoms with Gasteiger partial charge in [-0.15, -0.1) is 0 Å². The average molecular weight is 446 g/mol. The summed E-state index contributed by atoms with van der Waals surface area (Å²) in [7, 11) is 0. The molecule has 0 spiro atoms. The monoisotopic (exact) mass is 446 g/mol. The zero-order valence-corrected chi connectivity index (χ0v) is 18.1. The number of unbranched alkanes of at least 4 members (excludes halogenated alkanes) is 1. The topological polar surface area (TPSA) is 23.6 Å². The van der Waals surface area contributed by atoms with Crippen molar-refractivity contribution in [1.82, 2.24) is 9.80 Å². The second kappa shape index (κ2) is 11.1. The molecule has 0 N–H and O–H groups in total. The first kappa shape index (κ1) is 22.3. The second-order valence-corrected chi connectivity index (χ2v) is 6.63. The van der Waals surface area contributed by atoms with Gasteiger partial charge in [0.1, 0.15) is 11.6 Å². The Kier molecular flexibility index (Phi) is 9.17. The van der Waals surface area contributed by atoms with Crippen LogP contribution in [0.2, 0.25) is 0 Å². The van der Waals surface area contributed by atoms with Crippen LogP contribution in [0.1, 0.15) is 30.0 Å². The van der Waals surface area contributed by atoms with Crippen molar-refractivity contribution >= 4 is 6.29 Å². The minimum absolute atomic E-state index is 0. The first-order valence-corrected chi connectivity index (χ1v) is 9.00. The smallest absolute Gasteiger partial charge is 0.123 e. The molecule has 1 saturated heterocycles. The van der Waals surface area contributed by atoms with Crippen LogP contribution in [-0.4, -0.2) is 48.8 Å². The quantitative estimate of drug-likeness (QED) is 0.480. The summed E-state index contributed by atoms with van der Waals surface area (Å²) in [4.78, 5) is 15.0. The van der Waals surface area contributed by atoms with Gasteiger partial charge in [-0.05, 0) is 41.9 Å². The minimum Gasteiger partial charge on any atom is -0.542 e. The molecule has 0 saturated carbocycles. The largest absolute Gasteiger partial charge is 0.542 e. The van der Waals surface area contributed by atoms with Crippen LogP contribution in [-0.2, 0) is 37.5 Å². The van der Waals surface area contributed by atoms with E-state index in [1.807, 2.05) is 6.29 Å². The summed E-state index contributed by atoms with van der Waals surface area (Å²) in [6, 6.07) is 13.1. The summed E-state index contributed by atoms with van der Waals surface area (Å²) >= 11 is 0. The van der Waals surface area contributed by atoms with E-state index < -0.39 is 0 Å². The van der Waals surface area contributed by atoms with E-state index in [2.05, 4.69) is 9.80 Å². The molecule has 2 aromatic rings. The van der Waals surface area contributed by atoms with Crippen LogP contribution < -0.4 is 0 Å². The van der Waals surface area contributed by atoms with E-state index in [-0.39, 0.29) is 50.4 Å². The van der Waals surface area contributed by atoms with Gasteiger partial charge in [0.2, 0.25) is 0 Å². The van der Waals surface area contributed by atoms with Crippen LogP contribution in [0.25, 0.3) is 0 Å². The molecule has 1 aliphatic heterocycles. The van der Waals surface area contributed by atoms with Crippen LogP contribution in [0.4, 0.5) is 8.78 Å². The average Bonchev–Trinajstić information content (AvgIpc) is 2.66. The van der Waals surface area contributed by atoms with Crippen LogP contribution in [0.3, 0.4) is 0 Å². The van der Waals surface area contributed by atoms with E-state index in [0.717, 1.165) is 50.3 Å². The SMILES string of the molecule is O=[C-]CCCN1CCN(C(c2ccc(F)cc2)c2ccc(F)cc2)CC1.[Y]. The molecule has 1 radical (unpaired) electrons. The zero-order chi connectivity index (χ0) is 18.4. The number of benzene rings is 2. The van der Waals surface area contributed by atoms with Crippen molar-refractivity contribution in [3.05, 3.63) is 71.3 Å². The summed E-state index contributed by atoms with van der Waals surface area (Å²) in [6.07, 6.45) is 3.25. The van der Waals surface area contributed by atoms with Crippen molar-refractivity contribution in [2.24, 2.45) is 0 Å². The van der Waals surface area contributed by atoms with Crippen molar-refractivity contribution in [3.8, 4) is 0 Å². The second-order valence-electron chi connectivity index (χ2n) is 6.63. The number of rotatable bonds is 7. The minimum atomic E-state index is -0.261. The van der Waals surface area contributed by atoms with Gasteiger partial charge in [0, 0.05) is 58.9 Å². The molecule has 0 bridgehead atoms. The molecule has 0 amide bonds. The number of carbonyl (C=O) groups excluding carboxylic acids is 1. The third-order valence-electron chi connectivity index (χ3n) is 4.90. The Hall–Kier alpha value is -1.01. The molecule has 27 heavy (non-hydrogen) atoms. The number of hydrogen-bond donors (Lipinski definition) is 0. The van der Waals surface area contributed by atoms with Gasteiger partial charge in [-0.1, -0.05) is 30.7 Å². The Labute approximate surface area is 184 Å². The Morgan fingerprint density at radius 3 is 1.78 bits per heavy atom. The predicted molar refractivity (Wildman–Crippen MR) is 97.6 cm³/mol. The molecule has 2 aromatic carbocycles. The van der Waals surface area contributed by atoms with Crippen LogP contribution in [0, 0.1) is 11.6 Å². The summed E-state index contributed by atoms with van der Waals surface area (Å²) in [6.45, 7) is 4.46. The van der Waals surface area contributed by atoms with E-state index in [9.17, 15) is 13.6 Å². The zero-order valence-electron chi connectivity index (χ0n) is 15.3. The van der Waals surface area contributed by atoms with Crippen molar-refractivity contribution in [1.29, 1.82) is 0 Å². The van der Waals surface area contributed by atoms with E-state index >= 15 is 0 Å². The van der Waals surface area contributed by atoms with Crippen LogP contribution in [0.15, 0.2) is 48.5 Å². The molecular weight excluding hydrogens is 423 g/mol. The van der Waals surface area contributed by atoms with Gasteiger partial charge in [-0.3, -0.25) is 11.2 Å². The summed E-state index contributed by atoms with van der Waals surface area (Å²) in [5.74, 6) is -0.521. The van der Waals surface area contributed by atoms with Gasteiger partial charge in [-0.2, -0.15) is 6.42 Å². The molecular formula is C21H23F2N2OY-. The van der Waals surface area contributed by atoms with E-state index in [1.165, 1.54) is 24.3 Å². The van der Waals surface area contributed by atoms with Crippen LogP contribution in [0.5, 0.6) is 0 Å². The van der Waals surface area contributed by atoms with Gasteiger partial charge < -0.3 is 9.69 Å². The number of nitrogens with zero attached hydrogens (tertiary/aromatic N) is 2. The predicted octanol–water partition coefficient (Wildman–Crippen LogP) is 3.56. The fraction of sp³-hybridized carbons (Fsp3) is 0.381. The van der Waals surface area contributed by atoms with Gasteiger partial charge in [-0.25, -0.2) is 8.78 Å². The molecule has 0 aliphatic carbocycles. The Morgan fingerprint density at radius 1 is 0.852 bits per heavy atom. The van der Waals surface area contributed by atoms with E-state index in [1.54, 1.807) is 24.3 Å². The molecule has 6 heteroatoms. The number of halogens is 2. The summed E-state index contributed by atoms with van der Waals surface area (Å²) in [5.41, 5.74) is 2.00. The third-order valence-corrected chi connectivity index (χ3v) is 4.90. The maximum atomic E-state index is 13.3. The molecule has 3 nitrogen and oxygen atoms in total. The summed E-state index contributed by atoms with van der Waals surface area (Å²) in [5, 5.41) is 0. The van der Waals surface area contributed by atoms with Gasteiger partial charge in [0.05, 0.1) is 6.04 Å². The number of hydrogen-bond acceptors (Lipinski definition) is 3. The van der Waals surface area contributed by atoms with Crippen molar-refractivity contribution in [3.63, 3.8) is 0 Å². The van der Waals surface area contributed by atoms with Gasteiger partial charge >= 0.3 is 0 Å². The number of piperazine rings is 1. The van der Waals surface area contributed by atoms with Gasteiger partial charge in [0.25, 0.3) is 0 Å². The molecule has 1 heterocycles. The third kappa shape index (κ3) is 6.25. The van der Waals surface area contributed by atoms with E-state index in [4.69, 9.17) is 0 Å². The molecule has 0 aromatic heterocycles. The van der Waals surface area contributed by atoms with Crippen molar-refractivity contribution in [2.45, 2.75) is 18.9 Å². The molecule has 141 valence electrons. The molecule has 0 atom stereocenters. The Bertz CT molecular complexity index is 656. The normalized spacial score (nSPS) is 15.5. The molecule has 3 rings (SSSR count). The van der Waals surface area contributed by atoms with Crippen molar-refractivity contribution in [2.75, 3.05) is 32.7 Å². The first-order chi connectivity index (χ1) is 12.7. The van der Waals surface area contributed by atoms with E-state index in [0.29, 0.717) is 6.42 Å².